The second-order valence-electron chi connectivity index (χ2n) is 8.71. The zero-order valence-electron chi connectivity index (χ0n) is 17.5. The third-order valence-corrected chi connectivity index (χ3v) is 5.37. The monoisotopic (exact) mass is 425 g/mol. The Balaban J connectivity index is 1.71. The van der Waals surface area contributed by atoms with E-state index in [9.17, 15) is 4.79 Å². The lowest BCUT2D eigenvalue weighted by Gasteiger charge is -2.29. The Morgan fingerprint density at radius 2 is 2.10 bits per heavy atom. The fraction of sp³-hybridized carbons (Fsp3) is 0.667. The Hall–Kier alpha value is -1.86. The predicted molar refractivity (Wildman–Crippen MR) is 115 cm³/mol. The number of hydrogen-bond donors (Lipinski definition) is 2. The quantitative estimate of drug-likeness (QED) is 0.700. The van der Waals surface area contributed by atoms with Gasteiger partial charge >= 0.3 is 6.09 Å². The zero-order chi connectivity index (χ0) is 21.0. The van der Waals surface area contributed by atoms with Crippen LogP contribution in [0.5, 0.6) is 5.75 Å². The Bertz CT molecular complexity index is 717. The van der Waals surface area contributed by atoms with Crippen molar-refractivity contribution in [1.29, 1.82) is 0 Å². The van der Waals surface area contributed by atoms with Crippen molar-refractivity contribution in [2.45, 2.75) is 64.2 Å². The first kappa shape index (κ1) is 21.8. The molecule has 8 heteroatoms. The third-order valence-electron chi connectivity index (χ3n) is 4.99. The van der Waals surface area contributed by atoms with Crippen LogP contribution < -0.4 is 15.8 Å². The number of nitrogens with zero attached hydrogens (tertiary/aromatic N) is 1. The van der Waals surface area contributed by atoms with Gasteiger partial charge in [-0.2, -0.15) is 0 Å². The predicted octanol–water partition coefficient (Wildman–Crippen LogP) is 4.29. The minimum absolute atomic E-state index is 0.00418. The van der Waals surface area contributed by atoms with E-state index in [1.807, 2.05) is 20.8 Å². The smallest absolute Gasteiger partial charge is 0.410 e. The van der Waals surface area contributed by atoms with Gasteiger partial charge in [-0.05, 0) is 52.2 Å². The van der Waals surface area contributed by atoms with E-state index in [0.29, 0.717) is 48.5 Å². The molecule has 0 aliphatic carbocycles. The summed E-state index contributed by atoms with van der Waals surface area (Å²) in [7, 11) is 0. The molecule has 2 aliphatic heterocycles. The molecule has 29 heavy (non-hydrogen) atoms. The van der Waals surface area contributed by atoms with Gasteiger partial charge < -0.3 is 30.2 Å². The van der Waals surface area contributed by atoms with Gasteiger partial charge in [-0.1, -0.05) is 11.6 Å². The fourth-order valence-electron chi connectivity index (χ4n) is 3.55. The maximum atomic E-state index is 12.5. The van der Waals surface area contributed by atoms with Crippen LogP contribution in [0.25, 0.3) is 0 Å². The number of nitrogens with two attached hydrogens (primary N) is 1. The molecule has 3 rings (SSSR count). The van der Waals surface area contributed by atoms with Crippen LogP contribution in [0.1, 0.15) is 46.5 Å². The molecule has 1 amide bonds. The summed E-state index contributed by atoms with van der Waals surface area (Å²) < 4.78 is 16.9. The van der Waals surface area contributed by atoms with Crippen molar-refractivity contribution in [3.05, 3.63) is 17.2 Å². The largest absolute Gasteiger partial charge is 0.486 e. The van der Waals surface area contributed by atoms with Gasteiger partial charge in [0.15, 0.2) is 0 Å². The molecule has 2 aliphatic rings. The van der Waals surface area contributed by atoms with E-state index >= 15 is 0 Å². The molecular formula is C21H32ClN3O4. The lowest BCUT2D eigenvalue weighted by molar-refractivity contribution is 0.0252. The molecule has 2 atom stereocenters. The third kappa shape index (κ3) is 6.06. The molecule has 0 unspecified atom stereocenters. The number of rotatable bonds is 4. The van der Waals surface area contributed by atoms with Crippen molar-refractivity contribution in [2.75, 3.05) is 37.4 Å². The summed E-state index contributed by atoms with van der Waals surface area (Å²) in [5, 5.41) is 3.92. The van der Waals surface area contributed by atoms with E-state index in [2.05, 4.69) is 5.32 Å². The average molecular weight is 426 g/mol. The minimum atomic E-state index is -0.518. The standard InChI is InChI=1S/C21H32ClN3O4/c1-21(2,3)29-20(26)25-10-5-4-6-14(12-25)24-19-16(23)7-8-17(18(19)22)28-15-9-11-27-13-15/h7-8,14-15,24H,4-6,9-13,23H2,1-3H3/t14-,15-/m1/s1. The molecule has 1 aromatic rings. The second kappa shape index (κ2) is 9.30. The molecule has 2 fully saturated rings. The molecule has 0 spiro atoms. The van der Waals surface area contributed by atoms with Gasteiger partial charge in [0.1, 0.15) is 22.5 Å². The highest BCUT2D eigenvalue weighted by atomic mass is 35.5. The van der Waals surface area contributed by atoms with E-state index in [1.165, 1.54) is 0 Å². The SMILES string of the molecule is CC(C)(C)OC(=O)N1CCCC[C@@H](Nc2c(N)ccc(O[C@@H]3CCOC3)c2Cl)C1. The number of carbonyl (C=O) groups is 1. The summed E-state index contributed by atoms with van der Waals surface area (Å²) in [6, 6.07) is 3.61. The van der Waals surface area contributed by atoms with Crippen molar-refractivity contribution in [2.24, 2.45) is 0 Å². The maximum Gasteiger partial charge on any atom is 0.410 e. The van der Waals surface area contributed by atoms with Gasteiger partial charge in [-0.3, -0.25) is 0 Å². The lowest BCUT2D eigenvalue weighted by Crippen LogP contribution is -2.42. The number of likely N-dealkylation sites (tertiary alicyclic amines) is 1. The van der Waals surface area contributed by atoms with Gasteiger partial charge in [-0.15, -0.1) is 0 Å². The number of nitrogen functional groups attached to an aromatic ring is 1. The molecule has 3 N–H and O–H groups in total. The average Bonchev–Trinajstić information content (AvgIpc) is 3.03. The van der Waals surface area contributed by atoms with E-state index in [1.54, 1.807) is 17.0 Å². The maximum absolute atomic E-state index is 12.5. The van der Waals surface area contributed by atoms with Crippen molar-refractivity contribution >= 4 is 29.1 Å². The van der Waals surface area contributed by atoms with Crippen LogP contribution in [-0.2, 0) is 9.47 Å². The highest BCUT2D eigenvalue weighted by Gasteiger charge is 2.27. The van der Waals surface area contributed by atoms with E-state index in [-0.39, 0.29) is 18.2 Å². The molecule has 2 heterocycles. The summed E-state index contributed by atoms with van der Waals surface area (Å²) >= 11 is 6.63. The van der Waals surface area contributed by atoms with Crippen LogP contribution in [0.3, 0.4) is 0 Å². The van der Waals surface area contributed by atoms with Crippen LogP contribution >= 0.6 is 11.6 Å². The van der Waals surface area contributed by atoms with Crippen molar-refractivity contribution in [1.82, 2.24) is 4.90 Å². The van der Waals surface area contributed by atoms with Crippen LogP contribution in [0, 0.1) is 0 Å². The van der Waals surface area contributed by atoms with E-state index < -0.39 is 5.60 Å². The summed E-state index contributed by atoms with van der Waals surface area (Å²) in [4.78, 5) is 14.3. The number of carbonyl (C=O) groups excluding carboxylic acids is 1. The molecule has 0 aromatic heterocycles. The second-order valence-corrected chi connectivity index (χ2v) is 9.09. The topological polar surface area (TPSA) is 86.1 Å². The van der Waals surface area contributed by atoms with Crippen LogP contribution in [0.15, 0.2) is 12.1 Å². The number of halogens is 1. The summed E-state index contributed by atoms with van der Waals surface area (Å²) in [6.07, 6.45) is 3.41. The summed E-state index contributed by atoms with van der Waals surface area (Å²) in [5.41, 5.74) is 6.89. The Morgan fingerprint density at radius 3 is 2.79 bits per heavy atom. The van der Waals surface area contributed by atoms with Crippen molar-refractivity contribution in [3.8, 4) is 5.75 Å². The van der Waals surface area contributed by atoms with Crippen molar-refractivity contribution < 1.29 is 19.0 Å². The number of amides is 1. The highest BCUT2D eigenvalue weighted by molar-refractivity contribution is 6.35. The van der Waals surface area contributed by atoms with Gasteiger partial charge in [0.2, 0.25) is 0 Å². The number of hydrogen-bond acceptors (Lipinski definition) is 6. The van der Waals surface area contributed by atoms with Gasteiger partial charge in [0, 0.05) is 25.6 Å². The molecule has 1 aromatic carbocycles. The number of ether oxygens (including phenoxy) is 3. The molecule has 0 radical (unpaired) electrons. The van der Waals surface area contributed by atoms with Crippen LogP contribution in [0.4, 0.5) is 16.2 Å². The molecule has 0 saturated carbocycles. The Morgan fingerprint density at radius 1 is 1.31 bits per heavy atom. The molecular weight excluding hydrogens is 394 g/mol. The summed E-state index contributed by atoms with van der Waals surface area (Å²) in [6.45, 7) is 8.11. The van der Waals surface area contributed by atoms with E-state index in [0.717, 1.165) is 25.7 Å². The first-order valence-electron chi connectivity index (χ1n) is 10.3. The first-order valence-corrected chi connectivity index (χ1v) is 10.7. The molecule has 162 valence electrons. The Labute approximate surface area is 177 Å². The summed E-state index contributed by atoms with van der Waals surface area (Å²) in [5.74, 6) is 0.594. The van der Waals surface area contributed by atoms with Gasteiger partial charge in [-0.25, -0.2) is 4.79 Å². The lowest BCUT2D eigenvalue weighted by atomic mass is 10.1. The van der Waals surface area contributed by atoms with Gasteiger partial charge in [0.25, 0.3) is 0 Å². The Kier molecular flexibility index (Phi) is 7.01. The molecule has 7 nitrogen and oxygen atoms in total. The molecule has 0 bridgehead atoms. The zero-order valence-corrected chi connectivity index (χ0v) is 18.3. The fourth-order valence-corrected chi connectivity index (χ4v) is 3.82. The van der Waals surface area contributed by atoms with Crippen LogP contribution in [-0.4, -0.2) is 55.0 Å². The van der Waals surface area contributed by atoms with Crippen molar-refractivity contribution in [3.63, 3.8) is 0 Å². The number of nitrogens with one attached hydrogen (secondary N) is 1. The van der Waals surface area contributed by atoms with Gasteiger partial charge in [0.05, 0.1) is 24.6 Å². The minimum Gasteiger partial charge on any atom is -0.486 e. The normalized spacial score (nSPS) is 22.8. The highest BCUT2D eigenvalue weighted by Crippen LogP contribution is 2.38. The number of anilines is 2. The molecule has 2 saturated heterocycles. The van der Waals surface area contributed by atoms with E-state index in [4.69, 9.17) is 31.5 Å². The number of benzene rings is 1. The van der Waals surface area contributed by atoms with Crippen LogP contribution in [0.2, 0.25) is 5.02 Å². The first-order chi connectivity index (χ1) is 13.7.